The molecular formula is C21H21ClN4O3. The van der Waals surface area contributed by atoms with Crippen LogP contribution in [0, 0.1) is 10.1 Å². The minimum Gasteiger partial charge on any atom is -0.419 e. The van der Waals surface area contributed by atoms with E-state index < -0.39 is 4.92 Å². The molecule has 0 unspecified atom stereocenters. The van der Waals surface area contributed by atoms with Crippen LogP contribution >= 0.6 is 11.6 Å². The molecule has 7 nitrogen and oxygen atoms in total. The van der Waals surface area contributed by atoms with Crippen LogP contribution in [0.5, 0.6) is 0 Å². The zero-order valence-corrected chi connectivity index (χ0v) is 16.6. The minimum atomic E-state index is -0.433. The summed E-state index contributed by atoms with van der Waals surface area (Å²) in [6.07, 6.45) is 4.74. The van der Waals surface area contributed by atoms with Crippen molar-refractivity contribution in [3.05, 3.63) is 75.1 Å². The van der Waals surface area contributed by atoms with Gasteiger partial charge in [0.1, 0.15) is 0 Å². The van der Waals surface area contributed by atoms with Crippen LogP contribution in [0.2, 0.25) is 5.02 Å². The summed E-state index contributed by atoms with van der Waals surface area (Å²) in [5, 5.41) is 19.9. The molecule has 1 saturated carbocycles. The molecule has 0 bridgehead atoms. The topological polar surface area (TPSA) is 85.3 Å². The van der Waals surface area contributed by atoms with Crippen LogP contribution in [0.25, 0.3) is 11.5 Å². The summed E-state index contributed by atoms with van der Waals surface area (Å²) in [7, 11) is 0. The molecule has 0 spiro atoms. The van der Waals surface area contributed by atoms with Crippen molar-refractivity contribution >= 4 is 17.3 Å². The minimum absolute atomic E-state index is 0.0284. The second-order valence-corrected chi connectivity index (χ2v) is 7.65. The van der Waals surface area contributed by atoms with Crippen molar-refractivity contribution in [3.8, 4) is 11.5 Å². The first-order valence-electron chi connectivity index (χ1n) is 9.65. The number of rotatable bonds is 7. The van der Waals surface area contributed by atoms with E-state index in [0.29, 0.717) is 29.9 Å². The summed E-state index contributed by atoms with van der Waals surface area (Å²) in [5.74, 6) is 0.885. The van der Waals surface area contributed by atoms with E-state index in [1.54, 1.807) is 12.1 Å². The van der Waals surface area contributed by atoms with E-state index in [0.717, 1.165) is 30.0 Å². The summed E-state index contributed by atoms with van der Waals surface area (Å²) in [4.78, 5) is 12.7. The van der Waals surface area contributed by atoms with Crippen LogP contribution in [0.3, 0.4) is 0 Å². The van der Waals surface area contributed by atoms with Crippen molar-refractivity contribution in [1.82, 2.24) is 15.1 Å². The standard InChI is InChI=1S/C21H21ClN4O3/c22-19-8-4-1-5-16(19)13-25(17-6-2-3-7-17)14-20-23-24-21(29-20)15-9-11-18(12-10-15)26(27)28/h1,4-5,8-12,17H,2-3,6-7,13-14H2. The largest absolute Gasteiger partial charge is 0.419 e. The van der Waals surface area contributed by atoms with E-state index in [2.05, 4.69) is 15.1 Å². The maximum Gasteiger partial charge on any atom is 0.269 e. The van der Waals surface area contributed by atoms with Gasteiger partial charge in [-0.1, -0.05) is 42.6 Å². The first-order chi connectivity index (χ1) is 14.1. The Balaban J connectivity index is 1.52. The number of halogens is 1. The summed E-state index contributed by atoms with van der Waals surface area (Å²) in [5.41, 5.74) is 1.77. The third kappa shape index (κ3) is 4.63. The van der Waals surface area contributed by atoms with Crippen molar-refractivity contribution in [2.24, 2.45) is 0 Å². The van der Waals surface area contributed by atoms with Crippen LogP contribution in [0.15, 0.2) is 52.9 Å². The maximum atomic E-state index is 10.8. The molecule has 3 aromatic rings. The quantitative estimate of drug-likeness (QED) is 0.389. The van der Waals surface area contributed by atoms with Gasteiger partial charge >= 0.3 is 0 Å². The van der Waals surface area contributed by atoms with Gasteiger partial charge in [0.25, 0.3) is 5.69 Å². The molecule has 1 aliphatic carbocycles. The van der Waals surface area contributed by atoms with Gasteiger partial charge in [0.05, 0.1) is 11.5 Å². The van der Waals surface area contributed by atoms with Gasteiger partial charge < -0.3 is 4.42 Å². The fraction of sp³-hybridized carbons (Fsp3) is 0.333. The highest BCUT2D eigenvalue weighted by atomic mass is 35.5. The summed E-state index contributed by atoms with van der Waals surface area (Å²) in [6, 6.07) is 14.4. The van der Waals surface area contributed by atoms with E-state index in [-0.39, 0.29) is 5.69 Å². The van der Waals surface area contributed by atoms with Crippen LogP contribution in [-0.2, 0) is 13.1 Å². The fourth-order valence-electron chi connectivity index (χ4n) is 3.76. The lowest BCUT2D eigenvalue weighted by Gasteiger charge is -2.27. The van der Waals surface area contributed by atoms with E-state index in [1.807, 2.05) is 24.3 Å². The lowest BCUT2D eigenvalue weighted by molar-refractivity contribution is -0.384. The van der Waals surface area contributed by atoms with E-state index in [4.69, 9.17) is 16.0 Å². The van der Waals surface area contributed by atoms with Crippen molar-refractivity contribution in [1.29, 1.82) is 0 Å². The predicted octanol–water partition coefficient (Wildman–Crippen LogP) is 5.24. The van der Waals surface area contributed by atoms with Gasteiger partial charge in [-0.2, -0.15) is 0 Å². The Bertz CT molecular complexity index is 984. The summed E-state index contributed by atoms with van der Waals surface area (Å²) in [6.45, 7) is 1.26. The van der Waals surface area contributed by atoms with Gasteiger partial charge in [-0.05, 0) is 36.6 Å². The Kier molecular flexibility index (Phi) is 5.87. The van der Waals surface area contributed by atoms with E-state index >= 15 is 0 Å². The molecule has 1 aliphatic rings. The smallest absolute Gasteiger partial charge is 0.269 e. The van der Waals surface area contributed by atoms with Crippen molar-refractivity contribution in [2.75, 3.05) is 0 Å². The molecule has 2 aromatic carbocycles. The lowest BCUT2D eigenvalue weighted by Crippen LogP contribution is -2.32. The number of benzene rings is 2. The van der Waals surface area contributed by atoms with Crippen molar-refractivity contribution in [2.45, 2.75) is 44.8 Å². The van der Waals surface area contributed by atoms with Crippen molar-refractivity contribution in [3.63, 3.8) is 0 Å². The van der Waals surface area contributed by atoms with Gasteiger partial charge in [0.15, 0.2) is 0 Å². The van der Waals surface area contributed by atoms with Gasteiger partial charge in [-0.15, -0.1) is 10.2 Å². The molecule has 0 N–H and O–H groups in total. The average Bonchev–Trinajstić information content (AvgIpc) is 3.41. The zero-order valence-electron chi connectivity index (χ0n) is 15.8. The highest BCUT2D eigenvalue weighted by Gasteiger charge is 2.25. The van der Waals surface area contributed by atoms with Crippen LogP contribution in [0.1, 0.15) is 37.1 Å². The van der Waals surface area contributed by atoms with Gasteiger partial charge in [0.2, 0.25) is 11.8 Å². The number of aromatic nitrogens is 2. The third-order valence-corrected chi connectivity index (χ3v) is 5.67. The Morgan fingerprint density at radius 2 is 1.79 bits per heavy atom. The Morgan fingerprint density at radius 3 is 2.48 bits per heavy atom. The van der Waals surface area contributed by atoms with Gasteiger partial charge in [-0.3, -0.25) is 15.0 Å². The number of nitrogens with zero attached hydrogens (tertiary/aromatic N) is 4. The van der Waals surface area contributed by atoms with Gasteiger partial charge in [0, 0.05) is 35.3 Å². The Morgan fingerprint density at radius 1 is 1.07 bits per heavy atom. The molecular weight excluding hydrogens is 392 g/mol. The number of nitro groups is 1. The molecule has 0 amide bonds. The normalized spacial score (nSPS) is 14.6. The second kappa shape index (κ2) is 8.71. The summed E-state index contributed by atoms with van der Waals surface area (Å²) < 4.78 is 5.86. The van der Waals surface area contributed by atoms with Crippen molar-refractivity contribution < 1.29 is 9.34 Å². The molecule has 0 aliphatic heterocycles. The predicted molar refractivity (Wildman–Crippen MR) is 109 cm³/mol. The molecule has 1 fully saturated rings. The third-order valence-electron chi connectivity index (χ3n) is 5.30. The highest BCUT2D eigenvalue weighted by Crippen LogP contribution is 2.29. The molecule has 4 rings (SSSR count). The molecule has 8 heteroatoms. The average molecular weight is 413 g/mol. The van der Waals surface area contributed by atoms with Crippen LogP contribution in [0.4, 0.5) is 5.69 Å². The fourth-order valence-corrected chi connectivity index (χ4v) is 3.96. The molecule has 0 saturated heterocycles. The molecule has 0 radical (unpaired) electrons. The number of hydrogen-bond donors (Lipinski definition) is 0. The Labute approximate surface area is 173 Å². The number of hydrogen-bond acceptors (Lipinski definition) is 6. The maximum absolute atomic E-state index is 10.8. The SMILES string of the molecule is O=[N+]([O-])c1ccc(-c2nnc(CN(Cc3ccccc3Cl)C3CCCC3)o2)cc1. The monoisotopic (exact) mass is 412 g/mol. The first kappa shape index (κ1) is 19.5. The highest BCUT2D eigenvalue weighted by molar-refractivity contribution is 6.31. The lowest BCUT2D eigenvalue weighted by atomic mass is 10.1. The van der Waals surface area contributed by atoms with Gasteiger partial charge in [-0.25, -0.2) is 0 Å². The van der Waals surface area contributed by atoms with Crippen LogP contribution in [-0.4, -0.2) is 26.1 Å². The Hall–Kier alpha value is -2.77. The van der Waals surface area contributed by atoms with E-state index in [1.165, 1.54) is 25.0 Å². The second-order valence-electron chi connectivity index (χ2n) is 7.24. The first-order valence-corrected chi connectivity index (χ1v) is 10.0. The molecule has 29 heavy (non-hydrogen) atoms. The molecule has 1 aromatic heterocycles. The zero-order chi connectivity index (χ0) is 20.2. The van der Waals surface area contributed by atoms with Crippen LogP contribution < -0.4 is 0 Å². The molecule has 0 atom stereocenters. The van der Waals surface area contributed by atoms with E-state index in [9.17, 15) is 10.1 Å². The summed E-state index contributed by atoms with van der Waals surface area (Å²) >= 11 is 6.37. The molecule has 150 valence electrons. The molecule has 1 heterocycles. The number of non-ortho nitro benzene ring substituents is 1. The number of nitro benzene ring substituents is 1.